The number of aliphatic carboxylic acids is 1. The van der Waals surface area contributed by atoms with Crippen molar-refractivity contribution in [3.05, 3.63) is 106 Å². The summed E-state index contributed by atoms with van der Waals surface area (Å²) in [4.78, 5) is 20.1. The van der Waals surface area contributed by atoms with Crippen LogP contribution in [0.5, 0.6) is 23.0 Å². The van der Waals surface area contributed by atoms with Crippen molar-refractivity contribution in [1.82, 2.24) is 9.88 Å². The molecule has 0 amide bonds. The van der Waals surface area contributed by atoms with Crippen LogP contribution in [-0.2, 0) is 29.6 Å². The van der Waals surface area contributed by atoms with Crippen LogP contribution in [0.2, 0.25) is 5.02 Å². The van der Waals surface area contributed by atoms with Gasteiger partial charge in [0.2, 0.25) is 0 Å². The number of methoxy groups -OCH3 is 1. The van der Waals surface area contributed by atoms with Gasteiger partial charge in [0.15, 0.2) is 11.5 Å². The molecular weight excluding hydrogens is 750 g/mol. The molecule has 1 saturated carbocycles. The van der Waals surface area contributed by atoms with Crippen molar-refractivity contribution in [1.29, 1.82) is 0 Å². The number of fused-ring (bicyclic) bond motifs is 4. The van der Waals surface area contributed by atoms with E-state index < -0.39 is 11.5 Å². The van der Waals surface area contributed by atoms with Gasteiger partial charge in [0.25, 0.3) is 0 Å². The highest BCUT2D eigenvalue weighted by Gasteiger charge is 2.54. The van der Waals surface area contributed by atoms with E-state index in [2.05, 4.69) is 55.4 Å². The van der Waals surface area contributed by atoms with Crippen LogP contribution >= 0.6 is 11.6 Å². The fourth-order valence-corrected chi connectivity index (χ4v) is 10.7. The molecular formula is C48H58ClN3O6. The molecule has 1 aliphatic heterocycles. The number of rotatable bonds is 13. The van der Waals surface area contributed by atoms with Crippen LogP contribution in [-0.4, -0.2) is 66.5 Å². The molecule has 1 spiro atoms. The molecule has 0 unspecified atom stereocenters. The van der Waals surface area contributed by atoms with Gasteiger partial charge in [-0.15, -0.1) is 0 Å². The topological polar surface area (TPSA) is 102 Å². The molecule has 10 heteroatoms. The Hall–Kier alpha value is -4.47. The number of halogens is 1. The monoisotopic (exact) mass is 807 g/mol. The zero-order valence-electron chi connectivity index (χ0n) is 34.4. The number of pyridine rings is 1. The van der Waals surface area contributed by atoms with Gasteiger partial charge in [-0.05, 0) is 153 Å². The number of carbonyl (C=O) groups is 1. The number of nitrogens with one attached hydrogen (secondary N) is 1. The standard InChI is InChI=1S/C48H58ClN3O6/c1-31(30-57-42-14-20-50-41-13-5-8-32(2)45(41)42)22-35-24-34-25-43-44(58-39(15-21-56-43)29-52(3)28-33-9-6-12-38(23-33)55-4)27-40(34)47(35)16-18-48(19-17-47,46(53)54)51-37-11-7-10-36(49)26-37/h6-7,9-12,14,20,23,25-27,31-32,35,39,51H,5,8,13,15-19,21-22,24,28-30H2,1-4H3,(H,53,54)/t31-,32-,35+,39+,47?,48?/m1/s1. The number of ether oxygens (including phenoxy) is 4. The molecule has 9 nitrogen and oxygen atoms in total. The number of benzene rings is 3. The molecule has 0 radical (unpaired) electrons. The van der Waals surface area contributed by atoms with Crippen molar-refractivity contribution in [3.63, 3.8) is 0 Å². The summed E-state index contributed by atoms with van der Waals surface area (Å²) in [6.07, 6.45) is 10.3. The van der Waals surface area contributed by atoms with Crippen molar-refractivity contribution in [2.45, 2.75) is 108 Å². The molecule has 2 heterocycles. The lowest BCUT2D eigenvalue weighted by Gasteiger charge is -2.47. The van der Waals surface area contributed by atoms with E-state index in [1.165, 1.54) is 34.4 Å². The van der Waals surface area contributed by atoms with Crippen LogP contribution < -0.4 is 24.3 Å². The third kappa shape index (κ3) is 8.35. The summed E-state index contributed by atoms with van der Waals surface area (Å²) in [5.74, 6) is 3.63. The first-order valence-corrected chi connectivity index (χ1v) is 21.6. The van der Waals surface area contributed by atoms with Gasteiger partial charge in [-0.3, -0.25) is 9.88 Å². The summed E-state index contributed by atoms with van der Waals surface area (Å²) in [6, 6.07) is 22.1. The first-order chi connectivity index (χ1) is 28.0. The second-order valence-electron chi connectivity index (χ2n) is 17.6. The Morgan fingerprint density at radius 2 is 1.90 bits per heavy atom. The van der Waals surface area contributed by atoms with Gasteiger partial charge >= 0.3 is 5.97 Å². The first-order valence-electron chi connectivity index (χ1n) is 21.2. The van der Waals surface area contributed by atoms with Crippen molar-refractivity contribution >= 4 is 23.3 Å². The van der Waals surface area contributed by atoms with Crippen LogP contribution in [0.1, 0.15) is 99.1 Å². The van der Waals surface area contributed by atoms with E-state index in [0.717, 1.165) is 86.7 Å². The number of anilines is 1. The molecule has 2 N–H and O–H groups in total. The number of nitrogens with zero attached hydrogens (tertiary/aromatic N) is 2. The average Bonchev–Trinajstić information content (AvgIpc) is 3.33. The Bertz CT molecular complexity index is 2100. The van der Waals surface area contributed by atoms with Gasteiger partial charge < -0.3 is 29.4 Å². The lowest BCUT2D eigenvalue weighted by Crippen LogP contribution is -2.53. The number of hydrogen-bond donors (Lipinski definition) is 2. The molecule has 0 saturated heterocycles. The quantitative estimate of drug-likeness (QED) is 0.137. The molecule has 1 aromatic heterocycles. The summed E-state index contributed by atoms with van der Waals surface area (Å²) in [7, 11) is 3.82. The Labute approximate surface area is 348 Å². The highest BCUT2D eigenvalue weighted by atomic mass is 35.5. The molecule has 8 rings (SSSR count). The summed E-state index contributed by atoms with van der Waals surface area (Å²) in [5.41, 5.74) is 5.64. The minimum atomic E-state index is -1.10. The Morgan fingerprint density at radius 3 is 2.69 bits per heavy atom. The van der Waals surface area contributed by atoms with E-state index in [0.29, 0.717) is 42.9 Å². The molecule has 0 bridgehead atoms. The lowest BCUT2D eigenvalue weighted by molar-refractivity contribution is -0.144. The minimum Gasteiger partial charge on any atom is -0.497 e. The largest absolute Gasteiger partial charge is 0.497 e. The normalized spacial score (nSPS) is 25.4. The SMILES string of the molecule is COc1cccc(CN(C)C[C@@H]2CCOc3cc4c(cc3O2)C2(CCC(Nc3cccc(Cl)c3)(C(=O)O)CC2)[C@@H](C[C@@H](C)COc2ccnc3c2[C@H](C)CCC3)C4)c1. The molecule has 3 aromatic carbocycles. The lowest BCUT2D eigenvalue weighted by atomic mass is 9.59. The molecule has 58 heavy (non-hydrogen) atoms. The number of aromatic nitrogens is 1. The van der Waals surface area contributed by atoms with Crippen LogP contribution in [0.25, 0.3) is 0 Å². The maximum absolute atomic E-state index is 13.2. The molecule has 4 aliphatic rings. The van der Waals surface area contributed by atoms with Crippen LogP contribution in [0.3, 0.4) is 0 Å². The summed E-state index contributed by atoms with van der Waals surface area (Å²) in [6.45, 7) is 7.31. The van der Waals surface area contributed by atoms with E-state index in [1.54, 1.807) is 7.11 Å². The predicted octanol–water partition coefficient (Wildman–Crippen LogP) is 9.87. The van der Waals surface area contributed by atoms with E-state index in [4.69, 9.17) is 35.5 Å². The fraction of sp³-hybridized carbons (Fsp3) is 0.500. The van der Waals surface area contributed by atoms with Crippen molar-refractivity contribution in [2.75, 3.05) is 39.2 Å². The van der Waals surface area contributed by atoms with Gasteiger partial charge in [0, 0.05) is 47.7 Å². The number of aryl methyl sites for hydroxylation is 1. The number of carboxylic acid groups (broad SMARTS) is 1. The number of likely N-dealkylation sites (N-methyl/N-ethyl adjacent to an activating group) is 1. The Balaban J connectivity index is 1.04. The van der Waals surface area contributed by atoms with E-state index >= 15 is 0 Å². The van der Waals surface area contributed by atoms with E-state index in [1.807, 2.05) is 48.7 Å². The van der Waals surface area contributed by atoms with Crippen molar-refractivity contribution < 1.29 is 28.8 Å². The summed E-state index contributed by atoms with van der Waals surface area (Å²) in [5, 5.41) is 14.8. The van der Waals surface area contributed by atoms with Crippen LogP contribution in [0, 0.1) is 11.8 Å². The Kier molecular flexibility index (Phi) is 11.8. The van der Waals surface area contributed by atoms with Gasteiger partial charge in [-0.2, -0.15) is 0 Å². The van der Waals surface area contributed by atoms with Crippen molar-refractivity contribution in [2.24, 2.45) is 11.8 Å². The highest BCUT2D eigenvalue weighted by Crippen LogP contribution is 2.58. The molecule has 308 valence electrons. The third-order valence-electron chi connectivity index (χ3n) is 13.4. The maximum Gasteiger partial charge on any atom is 0.329 e. The zero-order chi connectivity index (χ0) is 40.4. The first kappa shape index (κ1) is 40.3. The average molecular weight is 808 g/mol. The van der Waals surface area contributed by atoms with Gasteiger partial charge in [0.05, 0.1) is 20.3 Å². The molecule has 4 aromatic rings. The second-order valence-corrected chi connectivity index (χ2v) is 18.0. The zero-order valence-corrected chi connectivity index (χ0v) is 35.2. The minimum absolute atomic E-state index is 0.0465. The molecule has 3 aliphatic carbocycles. The molecule has 1 fully saturated rings. The number of carboxylic acids is 1. The molecule has 4 atom stereocenters. The maximum atomic E-state index is 13.2. The van der Waals surface area contributed by atoms with Gasteiger partial charge in [-0.25, -0.2) is 4.79 Å². The number of hydrogen-bond acceptors (Lipinski definition) is 8. The third-order valence-corrected chi connectivity index (χ3v) is 13.7. The Morgan fingerprint density at radius 1 is 1.07 bits per heavy atom. The van der Waals surface area contributed by atoms with Crippen LogP contribution in [0.4, 0.5) is 5.69 Å². The predicted molar refractivity (Wildman–Crippen MR) is 228 cm³/mol. The smallest absolute Gasteiger partial charge is 0.329 e. The van der Waals surface area contributed by atoms with Crippen LogP contribution in [0.15, 0.2) is 72.9 Å². The van der Waals surface area contributed by atoms with Crippen molar-refractivity contribution in [3.8, 4) is 23.0 Å². The summed E-state index contributed by atoms with van der Waals surface area (Å²) < 4.78 is 25.4. The van der Waals surface area contributed by atoms with E-state index in [9.17, 15) is 9.90 Å². The summed E-state index contributed by atoms with van der Waals surface area (Å²) >= 11 is 6.34. The van der Waals surface area contributed by atoms with Gasteiger partial charge in [-0.1, -0.05) is 43.6 Å². The fourth-order valence-electron chi connectivity index (χ4n) is 10.5. The van der Waals surface area contributed by atoms with Gasteiger partial charge in [0.1, 0.15) is 23.1 Å². The van der Waals surface area contributed by atoms with E-state index in [-0.39, 0.29) is 17.4 Å². The second kappa shape index (κ2) is 17.0. The highest BCUT2D eigenvalue weighted by molar-refractivity contribution is 6.30.